The average molecular weight is 472 g/mol. The van der Waals surface area contributed by atoms with E-state index >= 15 is 0 Å². The third kappa shape index (κ3) is 4.88. The number of fused-ring (bicyclic) bond motifs is 3. The molecule has 4 rings (SSSR count). The summed E-state index contributed by atoms with van der Waals surface area (Å²) in [7, 11) is 0. The van der Waals surface area contributed by atoms with Gasteiger partial charge >= 0.3 is 18.0 Å². The smallest absolute Gasteiger partial charge is 0.407 e. The Morgan fingerprint density at radius 2 is 1.56 bits per heavy atom. The van der Waals surface area contributed by atoms with Gasteiger partial charge in [-0.2, -0.15) is 8.78 Å². The highest BCUT2D eigenvalue weighted by atomic mass is 19.3. The zero-order valence-corrected chi connectivity index (χ0v) is 18.5. The van der Waals surface area contributed by atoms with Crippen LogP contribution in [0.1, 0.15) is 42.7 Å². The topological polar surface area (TPSA) is 95.9 Å². The standard InChI is InChI=1S/C25H26F2N2O5/c26-25(27,23(32)29(13-22(30)31)16-7-1-2-8-16)15-28-24(33)34-14-21-19-11-5-3-9-17(19)18-10-4-6-12-20(18)21/h3-6,9-12,16,21H,1-2,7-8,13-15H2,(H,28,33)(H,30,31). The van der Waals surface area contributed by atoms with E-state index in [0.29, 0.717) is 12.8 Å². The van der Waals surface area contributed by atoms with Crippen molar-refractivity contribution in [1.82, 2.24) is 10.2 Å². The van der Waals surface area contributed by atoms with Crippen LogP contribution in [0.15, 0.2) is 48.5 Å². The van der Waals surface area contributed by atoms with Crippen LogP contribution in [0.4, 0.5) is 13.6 Å². The lowest BCUT2D eigenvalue weighted by Gasteiger charge is -2.30. The van der Waals surface area contributed by atoms with Crippen molar-refractivity contribution in [3.8, 4) is 11.1 Å². The quantitative estimate of drug-likeness (QED) is 0.605. The van der Waals surface area contributed by atoms with Crippen LogP contribution in [0.3, 0.4) is 0 Å². The minimum absolute atomic E-state index is 0.0490. The predicted octanol–water partition coefficient (Wildman–Crippen LogP) is 4.02. The number of aliphatic carboxylic acids is 1. The number of amides is 2. The van der Waals surface area contributed by atoms with E-state index in [0.717, 1.165) is 40.0 Å². The monoisotopic (exact) mass is 472 g/mol. The van der Waals surface area contributed by atoms with Gasteiger partial charge in [-0.25, -0.2) is 4.79 Å². The van der Waals surface area contributed by atoms with Crippen LogP contribution < -0.4 is 5.32 Å². The summed E-state index contributed by atoms with van der Waals surface area (Å²) in [5, 5.41) is 11.0. The van der Waals surface area contributed by atoms with Gasteiger partial charge in [0.15, 0.2) is 0 Å². The van der Waals surface area contributed by atoms with Crippen LogP contribution in [0, 0.1) is 0 Å². The van der Waals surface area contributed by atoms with Crippen molar-refractivity contribution in [3.05, 3.63) is 59.7 Å². The second kappa shape index (κ2) is 9.79. The summed E-state index contributed by atoms with van der Waals surface area (Å²) in [5.41, 5.74) is 4.04. The SMILES string of the molecule is O=C(O)CN(C(=O)C(F)(F)CNC(=O)OCC1c2ccccc2-c2ccccc21)C1CCCC1. The molecule has 180 valence electrons. The molecule has 0 atom stereocenters. The highest BCUT2D eigenvalue weighted by Gasteiger charge is 2.45. The zero-order valence-electron chi connectivity index (χ0n) is 18.5. The van der Waals surface area contributed by atoms with Crippen molar-refractivity contribution in [2.24, 2.45) is 0 Å². The van der Waals surface area contributed by atoms with Gasteiger partial charge in [0.1, 0.15) is 13.2 Å². The molecule has 0 aliphatic heterocycles. The summed E-state index contributed by atoms with van der Waals surface area (Å²) in [6, 6.07) is 14.9. The number of nitrogens with one attached hydrogen (secondary N) is 1. The van der Waals surface area contributed by atoms with E-state index in [1.165, 1.54) is 0 Å². The number of alkyl halides is 2. The second-order valence-electron chi connectivity index (χ2n) is 8.65. The van der Waals surface area contributed by atoms with Gasteiger partial charge in [0.25, 0.3) is 5.91 Å². The van der Waals surface area contributed by atoms with Crippen molar-refractivity contribution in [3.63, 3.8) is 0 Å². The van der Waals surface area contributed by atoms with E-state index in [1.54, 1.807) is 0 Å². The van der Waals surface area contributed by atoms with Gasteiger partial charge in [0, 0.05) is 12.0 Å². The Labute approximate surface area is 195 Å². The Hall–Kier alpha value is -3.49. The molecule has 0 spiro atoms. The number of carboxylic acid groups (broad SMARTS) is 1. The number of hydrogen-bond donors (Lipinski definition) is 2. The van der Waals surface area contributed by atoms with Gasteiger partial charge in [0.2, 0.25) is 0 Å². The molecule has 0 unspecified atom stereocenters. The van der Waals surface area contributed by atoms with Crippen molar-refractivity contribution in [1.29, 1.82) is 0 Å². The summed E-state index contributed by atoms with van der Waals surface area (Å²) in [6.07, 6.45) is 1.39. The van der Waals surface area contributed by atoms with Crippen LogP contribution in [-0.4, -0.2) is 59.6 Å². The predicted molar refractivity (Wildman–Crippen MR) is 120 cm³/mol. The first-order valence-electron chi connectivity index (χ1n) is 11.3. The van der Waals surface area contributed by atoms with Crippen molar-refractivity contribution in [2.45, 2.75) is 43.6 Å². The molecule has 1 saturated carbocycles. The summed E-state index contributed by atoms with van der Waals surface area (Å²) >= 11 is 0. The van der Waals surface area contributed by atoms with E-state index in [-0.39, 0.29) is 12.5 Å². The van der Waals surface area contributed by atoms with Crippen molar-refractivity contribution in [2.75, 3.05) is 19.7 Å². The lowest BCUT2D eigenvalue weighted by molar-refractivity contribution is -0.163. The number of rotatable bonds is 8. The Morgan fingerprint density at radius 1 is 1.00 bits per heavy atom. The van der Waals surface area contributed by atoms with Crippen LogP contribution in [0.2, 0.25) is 0 Å². The normalized spacial score (nSPS) is 15.5. The Bertz CT molecular complexity index is 1040. The lowest BCUT2D eigenvalue weighted by atomic mass is 9.98. The molecule has 2 aromatic rings. The Balaban J connectivity index is 1.36. The Kier molecular flexibility index (Phi) is 6.81. The molecule has 0 aromatic heterocycles. The molecular weight excluding hydrogens is 446 g/mol. The molecule has 34 heavy (non-hydrogen) atoms. The first-order valence-corrected chi connectivity index (χ1v) is 11.3. The van der Waals surface area contributed by atoms with Crippen LogP contribution in [0.25, 0.3) is 11.1 Å². The average Bonchev–Trinajstić information content (AvgIpc) is 3.46. The molecule has 2 amide bonds. The zero-order chi connectivity index (χ0) is 24.3. The molecule has 9 heteroatoms. The van der Waals surface area contributed by atoms with E-state index in [4.69, 9.17) is 9.84 Å². The Morgan fingerprint density at radius 3 is 2.12 bits per heavy atom. The van der Waals surface area contributed by atoms with E-state index < -0.39 is 43.0 Å². The van der Waals surface area contributed by atoms with E-state index in [1.807, 2.05) is 53.8 Å². The van der Waals surface area contributed by atoms with Gasteiger partial charge in [-0.15, -0.1) is 0 Å². The van der Waals surface area contributed by atoms with Gasteiger partial charge < -0.3 is 20.1 Å². The summed E-state index contributed by atoms with van der Waals surface area (Å²) in [6.45, 7) is -2.12. The maximum absolute atomic E-state index is 14.6. The molecule has 1 fully saturated rings. The van der Waals surface area contributed by atoms with Gasteiger partial charge in [-0.3, -0.25) is 9.59 Å². The largest absolute Gasteiger partial charge is 0.480 e. The first kappa shape index (κ1) is 23.7. The molecule has 7 nitrogen and oxygen atoms in total. The number of carbonyl (C=O) groups is 3. The molecule has 0 saturated heterocycles. The summed E-state index contributed by atoms with van der Waals surface area (Å²) in [4.78, 5) is 36.5. The maximum atomic E-state index is 14.6. The van der Waals surface area contributed by atoms with E-state index in [9.17, 15) is 23.2 Å². The molecule has 2 aliphatic carbocycles. The highest BCUT2D eigenvalue weighted by Crippen LogP contribution is 2.44. The van der Waals surface area contributed by atoms with Crippen molar-refractivity contribution < 1.29 is 33.0 Å². The number of nitrogens with zero attached hydrogens (tertiary/aromatic N) is 1. The number of halogens is 2. The fourth-order valence-electron chi connectivity index (χ4n) is 4.85. The number of alkyl carbamates (subject to hydrolysis) is 1. The van der Waals surface area contributed by atoms with E-state index in [2.05, 4.69) is 0 Å². The summed E-state index contributed by atoms with van der Waals surface area (Å²) in [5.74, 6) is -7.14. The van der Waals surface area contributed by atoms with Gasteiger partial charge in [-0.1, -0.05) is 61.4 Å². The van der Waals surface area contributed by atoms with Gasteiger partial charge in [-0.05, 0) is 35.1 Å². The third-order valence-electron chi connectivity index (χ3n) is 6.44. The first-order chi connectivity index (χ1) is 16.3. The number of carboxylic acids is 1. The molecule has 0 radical (unpaired) electrons. The van der Waals surface area contributed by atoms with Crippen molar-refractivity contribution >= 4 is 18.0 Å². The highest BCUT2D eigenvalue weighted by molar-refractivity contribution is 5.87. The number of ether oxygens (including phenoxy) is 1. The fraction of sp³-hybridized carbons (Fsp3) is 0.400. The maximum Gasteiger partial charge on any atom is 0.407 e. The second-order valence-corrected chi connectivity index (χ2v) is 8.65. The minimum Gasteiger partial charge on any atom is -0.480 e. The minimum atomic E-state index is -3.95. The molecule has 2 N–H and O–H groups in total. The molecule has 2 aromatic carbocycles. The fourth-order valence-corrected chi connectivity index (χ4v) is 4.85. The molecule has 0 bridgehead atoms. The van der Waals surface area contributed by atoms with Crippen LogP contribution in [0.5, 0.6) is 0 Å². The lowest BCUT2D eigenvalue weighted by Crippen LogP contribution is -2.54. The summed E-state index contributed by atoms with van der Waals surface area (Å²) < 4.78 is 34.5. The number of benzene rings is 2. The van der Waals surface area contributed by atoms with Gasteiger partial charge in [0.05, 0.1) is 6.54 Å². The molecular formula is C25H26F2N2O5. The van der Waals surface area contributed by atoms with Crippen LogP contribution in [-0.2, 0) is 14.3 Å². The molecule has 0 heterocycles. The number of hydrogen-bond acceptors (Lipinski definition) is 4. The third-order valence-corrected chi connectivity index (χ3v) is 6.44. The number of carbonyl (C=O) groups excluding carboxylic acids is 2. The van der Waals surface area contributed by atoms with Crippen LogP contribution >= 0.6 is 0 Å². The molecule has 2 aliphatic rings.